The Morgan fingerprint density at radius 3 is 3.06 bits per heavy atom. The van der Waals surface area contributed by atoms with Gasteiger partial charge >= 0.3 is 0 Å². The first-order valence-electron chi connectivity index (χ1n) is 5.85. The Kier molecular flexibility index (Phi) is 3.72. The number of likely N-dealkylation sites (tertiary alicyclic amines) is 1. The summed E-state index contributed by atoms with van der Waals surface area (Å²) < 4.78 is 13.6. The number of halogens is 1. The van der Waals surface area contributed by atoms with E-state index in [4.69, 9.17) is 11.0 Å². The van der Waals surface area contributed by atoms with Gasteiger partial charge in [-0.05, 0) is 37.6 Å². The van der Waals surface area contributed by atoms with Crippen LogP contribution in [0.25, 0.3) is 0 Å². The van der Waals surface area contributed by atoms with Crippen molar-refractivity contribution < 1.29 is 4.39 Å². The molecule has 0 aliphatic carbocycles. The second-order valence-corrected chi connectivity index (χ2v) is 4.56. The maximum Gasteiger partial charge on any atom is 0.127 e. The van der Waals surface area contributed by atoms with Gasteiger partial charge in [-0.25, -0.2) is 4.39 Å². The van der Waals surface area contributed by atoms with Gasteiger partial charge in [0.05, 0.1) is 11.6 Å². The van der Waals surface area contributed by atoms with Crippen LogP contribution in [-0.2, 0) is 6.54 Å². The zero-order valence-corrected chi connectivity index (χ0v) is 9.69. The molecule has 17 heavy (non-hydrogen) atoms. The van der Waals surface area contributed by atoms with Gasteiger partial charge in [-0.15, -0.1) is 0 Å². The average Bonchev–Trinajstić information content (AvgIpc) is 2.32. The summed E-state index contributed by atoms with van der Waals surface area (Å²) >= 11 is 0. The summed E-state index contributed by atoms with van der Waals surface area (Å²) in [6.45, 7) is 2.29. The minimum atomic E-state index is -0.247. The van der Waals surface area contributed by atoms with Crippen LogP contribution in [0.3, 0.4) is 0 Å². The number of hydrogen-bond acceptors (Lipinski definition) is 3. The van der Waals surface area contributed by atoms with Crippen molar-refractivity contribution in [1.29, 1.82) is 5.26 Å². The molecule has 1 atom stereocenters. The standard InChI is InChI=1S/C13H16FN3/c14-13-4-3-10(7-15)6-11(13)8-17-5-1-2-12(16)9-17/h3-4,6,12H,1-2,5,8-9,16H2/t12-/m1/s1. The third-order valence-electron chi connectivity index (χ3n) is 3.11. The van der Waals surface area contributed by atoms with E-state index in [-0.39, 0.29) is 11.9 Å². The lowest BCUT2D eigenvalue weighted by atomic mass is 10.0. The van der Waals surface area contributed by atoms with Gasteiger partial charge in [0, 0.05) is 24.7 Å². The van der Waals surface area contributed by atoms with Gasteiger partial charge < -0.3 is 5.73 Å². The highest BCUT2D eigenvalue weighted by Gasteiger charge is 2.17. The fraction of sp³-hybridized carbons (Fsp3) is 0.462. The number of benzene rings is 1. The lowest BCUT2D eigenvalue weighted by molar-refractivity contribution is 0.199. The smallest absolute Gasteiger partial charge is 0.127 e. The van der Waals surface area contributed by atoms with Gasteiger partial charge in [-0.2, -0.15) is 5.26 Å². The highest BCUT2D eigenvalue weighted by atomic mass is 19.1. The zero-order chi connectivity index (χ0) is 12.3. The Bertz CT molecular complexity index is 439. The third kappa shape index (κ3) is 3.02. The van der Waals surface area contributed by atoms with Crippen LogP contribution in [0.1, 0.15) is 24.0 Å². The van der Waals surface area contributed by atoms with Gasteiger partial charge in [-0.3, -0.25) is 4.90 Å². The van der Waals surface area contributed by atoms with E-state index in [1.165, 1.54) is 12.1 Å². The Hall–Kier alpha value is -1.44. The number of hydrogen-bond donors (Lipinski definition) is 1. The molecule has 0 radical (unpaired) electrons. The third-order valence-corrected chi connectivity index (χ3v) is 3.11. The molecule has 3 nitrogen and oxygen atoms in total. The molecule has 1 fully saturated rings. The quantitative estimate of drug-likeness (QED) is 0.844. The first-order chi connectivity index (χ1) is 8.19. The van der Waals surface area contributed by atoms with Gasteiger partial charge in [0.1, 0.15) is 5.82 Å². The van der Waals surface area contributed by atoms with Crippen LogP contribution in [0.2, 0.25) is 0 Å². The molecule has 0 bridgehead atoms. The molecule has 0 saturated carbocycles. The van der Waals surface area contributed by atoms with Crippen LogP contribution in [0.4, 0.5) is 4.39 Å². The van der Waals surface area contributed by atoms with E-state index in [0.717, 1.165) is 25.9 Å². The number of nitrogens with zero attached hydrogens (tertiary/aromatic N) is 2. The molecular weight excluding hydrogens is 217 g/mol. The molecule has 0 unspecified atom stereocenters. The van der Waals surface area contributed by atoms with E-state index in [9.17, 15) is 4.39 Å². The molecule has 2 rings (SSSR count). The molecule has 0 aromatic heterocycles. The van der Waals surface area contributed by atoms with Crippen molar-refractivity contribution in [2.45, 2.75) is 25.4 Å². The van der Waals surface area contributed by atoms with Gasteiger partial charge in [-0.1, -0.05) is 0 Å². The summed E-state index contributed by atoms with van der Waals surface area (Å²) in [6, 6.07) is 6.70. The van der Waals surface area contributed by atoms with Gasteiger partial charge in [0.25, 0.3) is 0 Å². The number of nitrogens with two attached hydrogens (primary N) is 1. The Morgan fingerprint density at radius 2 is 2.35 bits per heavy atom. The predicted octanol–water partition coefficient (Wildman–Crippen LogP) is 1.62. The lowest BCUT2D eigenvalue weighted by Gasteiger charge is -2.30. The van der Waals surface area contributed by atoms with Crippen LogP contribution < -0.4 is 5.73 Å². The van der Waals surface area contributed by atoms with Gasteiger partial charge in [0.15, 0.2) is 0 Å². The monoisotopic (exact) mass is 233 g/mol. The SMILES string of the molecule is N#Cc1ccc(F)c(CN2CCC[C@@H](N)C2)c1. The molecule has 0 amide bonds. The van der Waals surface area contributed by atoms with E-state index in [0.29, 0.717) is 17.7 Å². The topological polar surface area (TPSA) is 53.0 Å². The molecule has 90 valence electrons. The molecular formula is C13H16FN3. The molecule has 1 aromatic rings. The maximum absolute atomic E-state index is 13.6. The first kappa shape index (κ1) is 12.0. The highest BCUT2D eigenvalue weighted by Crippen LogP contribution is 2.16. The Balaban J connectivity index is 2.10. The van der Waals surface area contributed by atoms with Crippen molar-refractivity contribution >= 4 is 0 Å². The summed E-state index contributed by atoms with van der Waals surface area (Å²) in [7, 11) is 0. The maximum atomic E-state index is 13.6. The summed E-state index contributed by atoms with van der Waals surface area (Å²) in [4.78, 5) is 2.15. The van der Waals surface area contributed by atoms with E-state index in [1.54, 1.807) is 6.07 Å². The number of piperidine rings is 1. The average molecular weight is 233 g/mol. The largest absolute Gasteiger partial charge is 0.327 e. The zero-order valence-electron chi connectivity index (χ0n) is 9.69. The first-order valence-corrected chi connectivity index (χ1v) is 5.85. The predicted molar refractivity (Wildman–Crippen MR) is 63.6 cm³/mol. The van der Waals surface area contributed by atoms with Gasteiger partial charge in [0.2, 0.25) is 0 Å². The summed E-state index contributed by atoms with van der Waals surface area (Å²) in [5.41, 5.74) is 6.97. The Morgan fingerprint density at radius 1 is 1.53 bits per heavy atom. The fourth-order valence-corrected chi connectivity index (χ4v) is 2.24. The van der Waals surface area contributed by atoms with Crippen molar-refractivity contribution in [2.75, 3.05) is 13.1 Å². The van der Waals surface area contributed by atoms with Crippen LogP contribution in [0, 0.1) is 17.1 Å². The molecule has 1 aliphatic rings. The van der Waals surface area contributed by atoms with Crippen LogP contribution >= 0.6 is 0 Å². The molecule has 1 heterocycles. The van der Waals surface area contributed by atoms with Crippen molar-refractivity contribution in [3.63, 3.8) is 0 Å². The molecule has 1 aliphatic heterocycles. The summed E-state index contributed by atoms with van der Waals surface area (Å²) in [5, 5.41) is 8.79. The highest BCUT2D eigenvalue weighted by molar-refractivity contribution is 5.33. The van der Waals surface area contributed by atoms with Crippen molar-refractivity contribution in [2.24, 2.45) is 5.73 Å². The van der Waals surface area contributed by atoms with Crippen LogP contribution in [0.5, 0.6) is 0 Å². The normalized spacial score (nSPS) is 21.1. The minimum Gasteiger partial charge on any atom is -0.327 e. The van der Waals surface area contributed by atoms with Crippen LogP contribution in [0.15, 0.2) is 18.2 Å². The molecule has 2 N–H and O–H groups in total. The van der Waals surface area contributed by atoms with E-state index in [2.05, 4.69) is 4.90 Å². The van der Waals surface area contributed by atoms with Crippen molar-refractivity contribution in [3.8, 4) is 6.07 Å². The molecule has 4 heteroatoms. The molecule has 1 aromatic carbocycles. The number of rotatable bonds is 2. The van der Waals surface area contributed by atoms with Crippen molar-refractivity contribution in [1.82, 2.24) is 4.90 Å². The van der Waals surface area contributed by atoms with Crippen molar-refractivity contribution in [3.05, 3.63) is 35.1 Å². The lowest BCUT2D eigenvalue weighted by Crippen LogP contribution is -2.42. The Labute approximate surface area is 101 Å². The van der Waals surface area contributed by atoms with E-state index >= 15 is 0 Å². The fourth-order valence-electron chi connectivity index (χ4n) is 2.24. The van der Waals surface area contributed by atoms with E-state index in [1.807, 2.05) is 6.07 Å². The molecule has 0 spiro atoms. The van der Waals surface area contributed by atoms with Crippen LogP contribution in [-0.4, -0.2) is 24.0 Å². The molecule has 1 saturated heterocycles. The summed E-state index contributed by atoms with van der Waals surface area (Å²) in [6.07, 6.45) is 2.10. The second kappa shape index (κ2) is 5.26. The minimum absolute atomic E-state index is 0.186. The second-order valence-electron chi connectivity index (χ2n) is 4.56. The number of nitriles is 1. The van der Waals surface area contributed by atoms with E-state index < -0.39 is 0 Å². The summed E-state index contributed by atoms with van der Waals surface area (Å²) in [5.74, 6) is -0.247.